The van der Waals surface area contributed by atoms with Gasteiger partial charge < -0.3 is 10.1 Å². The topological polar surface area (TPSA) is 59.0 Å². The first kappa shape index (κ1) is 20.1. The summed E-state index contributed by atoms with van der Waals surface area (Å²) in [5.74, 6) is 1.29. The summed E-state index contributed by atoms with van der Waals surface area (Å²) in [5.41, 5.74) is 2.90. The number of hydrogen-bond donors (Lipinski definition) is 2. The quantitative estimate of drug-likeness (QED) is 0.401. The van der Waals surface area contributed by atoms with Gasteiger partial charge in [0.15, 0.2) is 0 Å². The minimum atomic E-state index is -0.290. The number of ether oxygens (including phenoxy) is 1. The molecule has 0 spiro atoms. The number of rotatable bonds is 6. The van der Waals surface area contributed by atoms with E-state index in [9.17, 15) is 4.79 Å². The minimum absolute atomic E-state index is 0.290. The van der Waals surface area contributed by atoms with E-state index >= 15 is 0 Å². The SMILES string of the molecule is COc1cccc(-c2c(NCc3ccccc3)[nH]c(=O)n2-c2ccc(Cl)c(Cl)c2)c1. The zero-order valence-corrected chi connectivity index (χ0v) is 17.7. The Morgan fingerprint density at radius 1 is 0.967 bits per heavy atom. The number of hydrogen-bond acceptors (Lipinski definition) is 3. The van der Waals surface area contributed by atoms with Crippen molar-refractivity contribution in [3.05, 3.63) is 98.9 Å². The van der Waals surface area contributed by atoms with Gasteiger partial charge in [0.1, 0.15) is 11.6 Å². The van der Waals surface area contributed by atoms with E-state index in [-0.39, 0.29) is 5.69 Å². The lowest BCUT2D eigenvalue weighted by Crippen LogP contribution is -2.15. The van der Waals surface area contributed by atoms with Gasteiger partial charge in [-0.3, -0.25) is 9.55 Å². The van der Waals surface area contributed by atoms with Crippen molar-refractivity contribution in [1.29, 1.82) is 0 Å². The number of nitrogens with one attached hydrogen (secondary N) is 2. The molecule has 4 rings (SSSR count). The monoisotopic (exact) mass is 439 g/mol. The molecular weight excluding hydrogens is 421 g/mol. The third-order valence-electron chi connectivity index (χ3n) is 4.71. The summed E-state index contributed by atoms with van der Waals surface area (Å²) in [5, 5.41) is 4.14. The highest BCUT2D eigenvalue weighted by atomic mass is 35.5. The van der Waals surface area contributed by atoms with E-state index < -0.39 is 0 Å². The lowest BCUT2D eigenvalue weighted by Gasteiger charge is -2.13. The first-order valence-corrected chi connectivity index (χ1v) is 10.0. The second kappa shape index (κ2) is 8.69. The van der Waals surface area contributed by atoms with Crippen LogP contribution in [0.15, 0.2) is 77.6 Å². The van der Waals surface area contributed by atoms with E-state index in [0.29, 0.717) is 39.5 Å². The fourth-order valence-corrected chi connectivity index (χ4v) is 3.56. The van der Waals surface area contributed by atoms with Gasteiger partial charge in [-0.2, -0.15) is 0 Å². The van der Waals surface area contributed by atoms with E-state index in [1.165, 1.54) is 0 Å². The van der Waals surface area contributed by atoms with E-state index in [1.807, 2.05) is 54.6 Å². The maximum atomic E-state index is 13.0. The van der Waals surface area contributed by atoms with Crippen LogP contribution in [0.5, 0.6) is 5.75 Å². The molecule has 0 aliphatic heterocycles. The molecule has 4 aromatic rings. The largest absolute Gasteiger partial charge is 0.497 e. The molecule has 1 heterocycles. The number of imidazole rings is 1. The van der Waals surface area contributed by atoms with Crippen molar-refractivity contribution in [1.82, 2.24) is 9.55 Å². The molecule has 152 valence electrons. The third-order valence-corrected chi connectivity index (χ3v) is 5.45. The summed E-state index contributed by atoms with van der Waals surface area (Å²) in [6.45, 7) is 0.555. The Hall–Kier alpha value is -3.15. The van der Waals surface area contributed by atoms with Crippen molar-refractivity contribution in [3.63, 3.8) is 0 Å². The number of nitrogens with zero attached hydrogens (tertiary/aromatic N) is 1. The average Bonchev–Trinajstić information content (AvgIpc) is 3.11. The predicted molar refractivity (Wildman–Crippen MR) is 122 cm³/mol. The molecule has 0 saturated carbocycles. The maximum absolute atomic E-state index is 13.0. The van der Waals surface area contributed by atoms with E-state index in [4.69, 9.17) is 27.9 Å². The van der Waals surface area contributed by atoms with Crippen molar-refractivity contribution in [2.75, 3.05) is 12.4 Å². The molecule has 0 amide bonds. The smallest absolute Gasteiger partial charge is 0.332 e. The van der Waals surface area contributed by atoms with Gasteiger partial charge in [-0.15, -0.1) is 0 Å². The van der Waals surface area contributed by atoms with Crippen LogP contribution in [0, 0.1) is 0 Å². The van der Waals surface area contributed by atoms with Gasteiger partial charge in [0.05, 0.1) is 28.5 Å². The molecule has 0 saturated heterocycles. The van der Waals surface area contributed by atoms with Crippen LogP contribution < -0.4 is 15.7 Å². The first-order valence-electron chi connectivity index (χ1n) is 9.29. The normalized spacial score (nSPS) is 10.8. The highest BCUT2D eigenvalue weighted by Crippen LogP contribution is 2.32. The molecule has 0 atom stereocenters. The van der Waals surface area contributed by atoms with Crippen LogP contribution in [0.3, 0.4) is 0 Å². The maximum Gasteiger partial charge on any atom is 0.332 e. The molecule has 0 aliphatic rings. The number of halogens is 2. The first-order chi connectivity index (χ1) is 14.6. The molecule has 30 heavy (non-hydrogen) atoms. The van der Waals surface area contributed by atoms with Gasteiger partial charge in [-0.25, -0.2) is 4.79 Å². The average molecular weight is 440 g/mol. The molecule has 2 N–H and O–H groups in total. The van der Waals surface area contributed by atoms with Crippen molar-refractivity contribution in [2.24, 2.45) is 0 Å². The summed E-state index contributed by atoms with van der Waals surface area (Å²) >= 11 is 12.3. The molecular formula is C23H19Cl2N3O2. The van der Waals surface area contributed by atoms with E-state index in [1.54, 1.807) is 29.9 Å². The van der Waals surface area contributed by atoms with E-state index in [2.05, 4.69) is 10.3 Å². The summed E-state index contributed by atoms with van der Waals surface area (Å²) < 4.78 is 6.95. The van der Waals surface area contributed by atoms with Crippen molar-refractivity contribution >= 4 is 29.0 Å². The summed E-state index contributed by atoms with van der Waals surface area (Å²) in [7, 11) is 1.61. The Morgan fingerprint density at radius 3 is 2.50 bits per heavy atom. The van der Waals surface area contributed by atoms with Gasteiger partial charge in [-0.1, -0.05) is 65.7 Å². The molecule has 0 radical (unpaired) electrons. The number of H-pyrrole nitrogens is 1. The Balaban J connectivity index is 1.85. The summed E-state index contributed by atoms with van der Waals surface area (Å²) in [6.07, 6.45) is 0. The summed E-state index contributed by atoms with van der Waals surface area (Å²) in [6, 6.07) is 22.6. The molecule has 5 nitrogen and oxygen atoms in total. The van der Waals surface area contributed by atoms with Crippen LogP contribution in [0.1, 0.15) is 5.56 Å². The molecule has 0 bridgehead atoms. The van der Waals surface area contributed by atoms with Gasteiger partial charge in [0.2, 0.25) is 0 Å². The Morgan fingerprint density at radius 2 is 1.77 bits per heavy atom. The van der Waals surface area contributed by atoms with Crippen molar-refractivity contribution < 1.29 is 4.74 Å². The molecule has 0 unspecified atom stereocenters. The zero-order valence-electron chi connectivity index (χ0n) is 16.2. The fourth-order valence-electron chi connectivity index (χ4n) is 3.26. The Bertz CT molecular complexity index is 1230. The van der Waals surface area contributed by atoms with Crippen LogP contribution in [0.2, 0.25) is 10.0 Å². The van der Waals surface area contributed by atoms with Gasteiger partial charge in [-0.05, 0) is 35.9 Å². The molecule has 0 fully saturated rings. The second-order valence-corrected chi connectivity index (χ2v) is 7.47. The van der Waals surface area contributed by atoms with Crippen LogP contribution in [0.4, 0.5) is 5.82 Å². The molecule has 3 aromatic carbocycles. The number of methoxy groups -OCH3 is 1. The lowest BCUT2D eigenvalue weighted by atomic mass is 10.1. The van der Waals surface area contributed by atoms with E-state index in [0.717, 1.165) is 11.1 Å². The van der Waals surface area contributed by atoms with Crippen LogP contribution in [-0.4, -0.2) is 16.7 Å². The standard InChI is InChI=1S/C23H19Cl2N3O2/c1-30-18-9-5-8-16(12-18)21-22(26-14-15-6-3-2-4-7-15)27-23(29)28(21)17-10-11-19(24)20(25)13-17/h2-13,26H,14H2,1H3,(H,27,29). The van der Waals surface area contributed by atoms with Crippen molar-refractivity contribution in [3.8, 4) is 22.7 Å². The zero-order chi connectivity index (χ0) is 21.1. The number of aromatic nitrogens is 2. The van der Waals surface area contributed by atoms with Crippen LogP contribution >= 0.6 is 23.2 Å². The molecule has 1 aromatic heterocycles. The van der Waals surface area contributed by atoms with Gasteiger partial charge in [0.25, 0.3) is 0 Å². The van der Waals surface area contributed by atoms with Gasteiger partial charge >= 0.3 is 5.69 Å². The van der Waals surface area contributed by atoms with Crippen LogP contribution in [0.25, 0.3) is 16.9 Å². The summed E-state index contributed by atoms with van der Waals surface area (Å²) in [4.78, 5) is 15.9. The minimum Gasteiger partial charge on any atom is -0.497 e. The third kappa shape index (κ3) is 4.08. The highest BCUT2D eigenvalue weighted by molar-refractivity contribution is 6.42. The second-order valence-electron chi connectivity index (χ2n) is 6.66. The van der Waals surface area contributed by atoms with Gasteiger partial charge in [0, 0.05) is 12.1 Å². The van der Waals surface area contributed by atoms with Crippen LogP contribution in [-0.2, 0) is 6.54 Å². The number of anilines is 1. The molecule has 7 heteroatoms. The number of aromatic amines is 1. The fraction of sp³-hybridized carbons (Fsp3) is 0.0870. The van der Waals surface area contributed by atoms with Crippen molar-refractivity contribution in [2.45, 2.75) is 6.54 Å². The molecule has 0 aliphatic carbocycles. The number of benzene rings is 3. The Labute approximate surface area is 183 Å². The Kier molecular flexibility index (Phi) is 5.84. The predicted octanol–water partition coefficient (Wildman–Crippen LogP) is 5.76. The highest BCUT2D eigenvalue weighted by Gasteiger charge is 2.18. The lowest BCUT2D eigenvalue weighted by molar-refractivity contribution is 0.415.